The van der Waals surface area contributed by atoms with Crippen molar-refractivity contribution in [3.05, 3.63) is 40.7 Å². The van der Waals surface area contributed by atoms with Crippen LogP contribution in [0.25, 0.3) is 10.9 Å². The number of hydrogen-bond donors (Lipinski definition) is 1. The summed E-state index contributed by atoms with van der Waals surface area (Å²) in [4.78, 5) is 11.7. The van der Waals surface area contributed by atoms with Gasteiger partial charge in [0.05, 0.1) is 18.3 Å². The van der Waals surface area contributed by atoms with Gasteiger partial charge in [-0.3, -0.25) is 9.48 Å². The topological polar surface area (TPSA) is 46.9 Å². The van der Waals surface area contributed by atoms with Gasteiger partial charge in [-0.2, -0.15) is 5.10 Å². The maximum Gasteiger partial charge on any atom is 0.207 e. The normalized spacial score (nSPS) is 11.3. The highest BCUT2D eigenvalue weighted by atomic mass is 16.1. The third-order valence-corrected chi connectivity index (χ3v) is 3.50. The molecular formula is C15H21N3O. The highest BCUT2D eigenvalue weighted by Gasteiger charge is 2.04. The van der Waals surface area contributed by atoms with E-state index < -0.39 is 0 Å². The van der Waals surface area contributed by atoms with Crippen LogP contribution >= 0.6 is 0 Å². The summed E-state index contributed by atoms with van der Waals surface area (Å²) in [6, 6.07) is 8.18. The van der Waals surface area contributed by atoms with E-state index in [0.717, 1.165) is 36.8 Å². The number of aromatic nitrogens is 2. The summed E-state index contributed by atoms with van der Waals surface area (Å²) in [7, 11) is 0. The number of rotatable bonds is 6. The average molecular weight is 259 g/mol. The molecule has 2 rings (SSSR count). The Morgan fingerprint density at radius 3 is 2.74 bits per heavy atom. The average Bonchev–Trinajstić information content (AvgIpc) is 2.46. The van der Waals surface area contributed by atoms with Gasteiger partial charge in [0.1, 0.15) is 0 Å². The smallest absolute Gasteiger partial charge is 0.207 e. The van der Waals surface area contributed by atoms with E-state index in [1.165, 1.54) is 6.20 Å². The first-order valence-electron chi connectivity index (χ1n) is 6.94. The van der Waals surface area contributed by atoms with Gasteiger partial charge in [0.2, 0.25) is 5.43 Å². The predicted molar refractivity (Wildman–Crippen MR) is 78.4 cm³/mol. The van der Waals surface area contributed by atoms with Gasteiger partial charge in [0.15, 0.2) is 0 Å². The van der Waals surface area contributed by atoms with Crippen molar-refractivity contribution in [1.29, 1.82) is 0 Å². The Balaban J connectivity index is 2.13. The molecule has 4 heteroatoms. The lowest BCUT2D eigenvalue weighted by Crippen LogP contribution is -2.31. The molecule has 2 aromatic rings. The number of fused-ring (bicyclic) bond motifs is 1. The molecule has 0 spiro atoms. The minimum atomic E-state index is -0.0141. The summed E-state index contributed by atoms with van der Waals surface area (Å²) in [5.41, 5.74) is 0.890. The van der Waals surface area contributed by atoms with Crippen molar-refractivity contribution in [3.8, 4) is 0 Å². The van der Waals surface area contributed by atoms with Crippen molar-refractivity contribution in [2.24, 2.45) is 0 Å². The van der Waals surface area contributed by atoms with E-state index in [2.05, 4.69) is 24.3 Å². The van der Waals surface area contributed by atoms with Gasteiger partial charge in [-0.1, -0.05) is 26.0 Å². The first-order valence-corrected chi connectivity index (χ1v) is 6.94. The second-order valence-corrected chi connectivity index (χ2v) is 4.72. The minimum absolute atomic E-state index is 0.0141. The quantitative estimate of drug-likeness (QED) is 0.865. The molecular weight excluding hydrogens is 238 g/mol. The van der Waals surface area contributed by atoms with Gasteiger partial charge in [0.25, 0.3) is 0 Å². The zero-order valence-corrected chi connectivity index (χ0v) is 11.6. The highest BCUT2D eigenvalue weighted by Crippen LogP contribution is 2.07. The Bertz CT molecular complexity index is 587. The summed E-state index contributed by atoms with van der Waals surface area (Å²) in [5.74, 6) is 0. The van der Waals surface area contributed by atoms with Gasteiger partial charge >= 0.3 is 0 Å². The number of para-hydroxylation sites is 1. The molecule has 0 amide bonds. The number of benzene rings is 1. The van der Waals surface area contributed by atoms with Crippen molar-refractivity contribution >= 4 is 10.9 Å². The van der Waals surface area contributed by atoms with Crippen LogP contribution in [0, 0.1) is 0 Å². The predicted octanol–water partition coefficient (Wildman–Crippen LogP) is 2.17. The van der Waals surface area contributed by atoms with Crippen LogP contribution < -0.4 is 10.7 Å². The Morgan fingerprint density at radius 2 is 2.00 bits per heavy atom. The number of hydrogen-bond acceptors (Lipinski definition) is 3. The van der Waals surface area contributed by atoms with E-state index >= 15 is 0 Å². The van der Waals surface area contributed by atoms with Gasteiger partial charge in [-0.25, -0.2) is 0 Å². The third kappa shape index (κ3) is 3.20. The second kappa shape index (κ2) is 6.48. The van der Waals surface area contributed by atoms with Crippen LogP contribution in [0.4, 0.5) is 0 Å². The SMILES string of the molecule is CCC(CC)NCCn1ncc(=O)c2ccccc21. The fraction of sp³-hybridized carbons (Fsp3) is 0.467. The van der Waals surface area contributed by atoms with E-state index in [1.807, 2.05) is 28.9 Å². The van der Waals surface area contributed by atoms with E-state index in [9.17, 15) is 4.79 Å². The monoisotopic (exact) mass is 259 g/mol. The first kappa shape index (κ1) is 13.7. The van der Waals surface area contributed by atoms with Gasteiger partial charge in [0, 0.05) is 18.0 Å². The molecule has 0 saturated carbocycles. The Labute approximate surface area is 113 Å². The van der Waals surface area contributed by atoms with Crippen molar-refractivity contribution in [2.75, 3.05) is 6.54 Å². The molecule has 1 heterocycles. The molecule has 0 fully saturated rings. The van der Waals surface area contributed by atoms with Crippen molar-refractivity contribution in [1.82, 2.24) is 15.1 Å². The zero-order valence-electron chi connectivity index (χ0n) is 11.6. The summed E-state index contributed by atoms with van der Waals surface area (Å²) in [6.07, 6.45) is 3.67. The third-order valence-electron chi connectivity index (χ3n) is 3.50. The Morgan fingerprint density at radius 1 is 1.26 bits per heavy atom. The molecule has 0 aliphatic rings. The molecule has 0 atom stereocenters. The zero-order chi connectivity index (χ0) is 13.7. The van der Waals surface area contributed by atoms with Crippen molar-refractivity contribution in [2.45, 2.75) is 39.3 Å². The van der Waals surface area contributed by atoms with Gasteiger partial charge in [-0.15, -0.1) is 0 Å². The molecule has 0 radical (unpaired) electrons. The van der Waals surface area contributed by atoms with Crippen LogP contribution in [0.5, 0.6) is 0 Å². The van der Waals surface area contributed by atoms with Crippen LogP contribution in [0.3, 0.4) is 0 Å². The van der Waals surface area contributed by atoms with Gasteiger partial charge in [-0.05, 0) is 25.0 Å². The molecule has 1 aromatic heterocycles. The Hall–Kier alpha value is -1.68. The van der Waals surface area contributed by atoms with Crippen LogP contribution in [-0.4, -0.2) is 22.4 Å². The van der Waals surface area contributed by atoms with Crippen LogP contribution in [0.2, 0.25) is 0 Å². The number of nitrogens with zero attached hydrogens (tertiary/aromatic N) is 2. The largest absolute Gasteiger partial charge is 0.312 e. The lowest BCUT2D eigenvalue weighted by atomic mass is 10.2. The van der Waals surface area contributed by atoms with E-state index in [0.29, 0.717) is 6.04 Å². The van der Waals surface area contributed by atoms with Crippen LogP contribution in [0.1, 0.15) is 26.7 Å². The molecule has 0 aliphatic carbocycles. The van der Waals surface area contributed by atoms with Gasteiger partial charge < -0.3 is 5.32 Å². The molecule has 19 heavy (non-hydrogen) atoms. The highest BCUT2D eigenvalue weighted by molar-refractivity contribution is 5.77. The Kier molecular flexibility index (Phi) is 4.68. The van der Waals surface area contributed by atoms with Crippen LogP contribution in [0.15, 0.2) is 35.3 Å². The molecule has 4 nitrogen and oxygen atoms in total. The second-order valence-electron chi connectivity index (χ2n) is 4.72. The lowest BCUT2D eigenvalue weighted by molar-refractivity contribution is 0.456. The molecule has 0 unspecified atom stereocenters. The molecule has 102 valence electrons. The molecule has 1 aromatic carbocycles. The van der Waals surface area contributed by atoms with Crippen molar-refractivity contribution < 1.29 is 0 Å². The molecule has 0 bridgehead atoms. The first-order chi connectivity index (χ1) is 9.26. The summed E-state index contributed by atoms with van der Waals surface area (Å²) >= 11 is 0. The fourth-order valence-electron chi connectivity index (χ4n) is 2.29. The van der Waals surface area contributed by atoms with E-state index in [-0.39, 0.29) is 5.43 Å². The number of nitrogens with one attached hydrogen (secondary N) is 1. The summed E-state index contributed by atoms with van der Waals surface area (Å²) in [5, 5.41) is 8.46. The fourth-order valence-corrected chi connectivity index (χ4v) is 2.29. The van der Waals surface area contributed by atoms with E-state index in [1.54, 1.807) is 0 Å². The van der Waals surface area contributed by atoms with E-state index in [4.69, 9.17) is 0 Å². The maximum atomic E-state index is 11.7. The van der Waals surface area contributed by atoms with Crippen molar-refractivity contribution in [3.63, 3.8) is 0 Å². The maximum absolute atomic E-state index is 11.7. The standard InChI is InChI=1S/C15H21N3O/c1-3-12(4-2)16-9-10-18-14-8-6-5-7-13(14)15(19)11-17-18/h5-8,11-12,16H,3-4,9-10H2,1-2H3. The molecule has 1 N–H and O–H groups in total. The summed E-state index contributed by atoms with van der Waals surface area (Å²) < 4.78 is 1.89. The lowest BCUT2D eigenvalue weighted by Gasteiger charge is -2.15. The molecule has 0 aliphatic heterocycles. The van der Waals surface area contributed by atoms with Crippen LogP contribution in [-0.2, 0) is 6.54 Å². The minimum Gasteiger partial charge on any atom is -0.312 e. The molecule has 0 saturated heterocycles. The summed E-state index contributed by atoms with van der Waals surface area (Å²) in [6.45, 7) is 6.02.